The first kappa shape index (κ1) is 38.1. The topological polar surface area (TPSA) is 6.48 Å². The zero-order valence-corrected chi connectivity index (χ0v) is 35.5. The minimum atomic E-state index is -3.56. The molecule has 272 valence electrons. The van der Waals surface area contributed by atoms with Crippen molar-refractivity contribution in [3.05, 3.63) is 93.5 Å². The van der Waals surface area contributed by atoms with Crippen LogP contribution in [-0.4, -0.2) is 38.7 Å². The first-order chi connectivity index (χ1) is 24.0. The van der Waals surface area contributed by atoms with E-state index in [2.05, 4.69) is 79.9 Å². The van der Waals surface area contributed by atoms with Crippen molar-refractivity contribution < 1.29 is 11.9 Å². The van der Waals surface area contributed by atoms with Crippen molar-refractivity contribution in [2.75, 3.05) is 22.9 Å². The summed E-state index contributed by atoms with van der Waals surface area (Å²) in [7, 11) is 15.1. The molecule has 0 unspecified atom stereocenters. The SMILES string of the molecule is C1CCC(P(C2CCCC2)C2CCCC2)C1.Cc1cc(C)c(N2CCN(c3c(C)cc(C)cc3C)[C]2=[Ru]([Cl])([Cl])=[C]=Cc2ccccc2)c(C)c1. The van der Waals surface area contributed by atoms with E-state index in [0.29, 0.717) is 7.92 Å². The zero-order chi connectivity index (χ0) is 35.4. The second-order valence-electron chi connectivity index (χ2n) is 15.4. The van der Waals surface area contributed by atoms with Crippen LogP contribution in [0.15, 0.2) is 54.6 Å². The number of benzene rings is 3. The molecule has 0 N–H and O–H groups in total. The molecule has 50 heavy (non-hydrogen) atoms. The van der Waals surface area contributed by atoms with E-state index in [-0.39, 0.29) is 0 Å². The summed E-state index contributed by atoms with van der Waals surface area (Å²) in [5.74, 6) is 0. The maximum atomic E-state index is 7.33. The van der Waals surface area contributed by atoms with Crippen molar-refractivity contribution in [3.63, 3.8) is 0 Å². The Morgan fingerprint density at radius 2 is 0.960 bits per heavy atom. The molecule has 2 nitrogen and oxygen atoms in total. The van der Waals surface area contributed by atoms with E-state index in [1.165, 1.54) is 61.7 Å². The molecule has 0 bridgehead atoms. The molecule has 6 heteroatoms. The van der Waals surface area contributed by atoms with E-state index in [1.54, 1.807) is 77.0 Å². The summed E-state index contributed by atoms with van der Waals surface area (Å²) in [5.41, 5.74) is 14.6. The van der Waals surface area contributed by atoms with Crippen LogP contribution in [0.4, 0.5) is 11.4 Å². The van der Waals surface area contributed by atoms with E-state index in [1.807, 2.05) is 36.4 Å². The number of hydrogen-bond donors (Lipinski definition) is 0. The first-order valence-electron chi connectivity index (χ1n) is 19.2. The number of hydrogen-bond acceptors (Lipinski definition) is 2. The minimum absolute atomic E-state index is 0.436. The van der Waals surface area contributed by atoms with Gasteiger partial charge in [0.2, 0.25) is 0 Å². The quantitative estimate of drug-likeness (QED) is 0.181. The Morgan fingerprint density at radius 3 is 1.32 bits per heavy atom. The first-order valence-corrected chi connectivity index (χ1v) is 26.9. The van der Waals surface area contributed by atoms with Crippen LogP contribution < -0.4 is 9.80 Å². The normalized spacial score (nSPS) is 19.3. The summed E-state index contributed by atoms with van der Waals surface area (Å²) in [6.45, 7) is 14.7. The van der Waals surface area contributed by atoms with Crippen LogP contribution in [0.5, 0.6) is 0 Å². The van der Waals surface area contributed by atoms with Crippen molar-refractivity contribution >= 4 is 53.4 Å². The fourth-order valence-corrected chi connectivity index (χ4v) is 19.2. The van der Waals surface area contributed by atoms with Crippen LogP contribution in [-0.2, 0) is 11.9 Å². The van der Waals surface area contributed by atoms with Gasteiger partial charge in [-0.2, -0.15) is 0 Å². The van der Waals surface area contributed by atoms with Crippen LogP contribution >= 0.6 is 27.3 Å². The summed E-state index contributed by atoms with van der Waals surface area (Å²) < 4.78 is 4.47. The maximum absolute atomic E-state index is 7.33. The predicted molar refractivity (Wildman–Crippen MR) is 222 cm³/mol. The number of aryl methyl sites for hydroxylation is 6. The summed E-state index contributed by atoms with van der Waals surface area (Å²) in [6, 6.07) is 19.1. The van der Waals surface area contributed by atoms with Gasteiger partial charge in [0.1, 0.15) is 0 Å². The molecule has 7 rings (SSSR count). The molecular weight excluding hydrogens is 759 g/mol. The van der Waals surface area contributed by atoms with Crippen LogP contribution in [0.25, 0.3) is 6.08 Å². The molecule has 0 atom stereocenters. The molecule has 1 aliphatic heterocycles. The third-order valence-electron chi connectivity index (χ3n) is 11.4. The third kappa shape index (κ3) is 8.78. The molecule has 1 saturated heterocycles. The van der Waals surface area contributed by atoms with Crippen molar-refractivity contribution in [1.82, 2.24) is 0 Å². The molecule has 4 fully saturated rings. The van der Waals surface area contributed by atoms with Gasteiger partial charge in [-0.3, -0.25) is 0 Å². The average Bonchev–Trinajstić information content (AvgIpc) is 3.90. The van der Waals surface area contributed by atoms with Crippen molar-refractivity contribution in [1.29, 1.82) is 0 Å². The Labute approximate surface area is 315 Å². The van der Waals surface area contributed by atoms with Crippen LogP contribution in [0.2, 0.25) is 0 Å². The van der Waals surface area contributed by atoms with Gasteiger partial charge in [-0.15, -0.1) is 0 Å². The standard InChI is InChI=1S/C21H26N2.C15H27P.C8H6.2ClH.Ru/c1-14-9-16(3)20(17(4)10-14)22-7-8-23(13-22)21-18(5)11-15(2)12-19(21)6;1-2-8-13(7-1)16(14-9-3-4-10-14)15-11-5-6-12-15;1-2-8-6-4-3-5-7-8;;;/h9-12H,7-8H2,1-6H3;13-15H,1-12H2;2-7H;2*1H;/q;;;;;+2/p-2. The van der Waals surface area contributed by atoms with Crippen LogP contribution in [0, 0.1) is 41.5 Å². The molecule has 3 aliphatic carbocycles. The van der Waals surface area contributed by atoms with Gasteiger partial charge >= 0.3 is 215 Å². The Hall–Kier alpha value is -1.59. The molecule has 1 heterocycles. The third-order valence-corrected chi connectivity index (χ3v) is 20.6. The Bertz CT molecular complexity index is 1640. The van der Waals surface area contributed by atoms with Crippen LogP contribution in [0.3, 0.4) is 0 Å². The fourth-order valence-electron chi connectivity index (χ4n) is 9.58. The second-order valence-corrected chi connectivity index (χ2v) is 27.3. The number of anilines is 2. The van der Waals surface area contributed by atoms with Crippen LogP contribution in [0.1, 0.15) is 116 Å². The van der Waals surface area contributed by atoms with Gasteiger partial charge < -0.3 is 0 Å². The molecule has 0 radical (unpaired) electrons. The van der Waals surface area contributed by atoms with Gasteiger partial charge in [0, 0.05) is 0 Å². The van der Waals surface area contributed by atoms with E-state index in [0.717, 1.165) is 23.0 Å². The van der Waals surface area contributed by atoms with E-state index in [4.69, 9.17) is 19.4 Å². The number of rotatable bonds is 6. The molecule has 3 saturated carbocycles. The summed E-state index contributed by atoms with van der Waals surface area (Å²) in [5, 5.41) is 0. The Balaban J connectivity index is 0.000000223. The molecule has 0 aromatic heterocycles. The molecule has 4 aliphatic rings. The summed E-state index contributed by atoms with van der Waals surface area (Å²) in [4.78, 5) is 4.72. The van der Waals surface area contributed by atoms with Crippen molar-refractivity contribution in [3.8, 4) is 0 Å². The summed E-state index contributed by atoms with van der Waals surface area (Å²) >= 11 is -3.56. The Morgan fingerprint density at radius 1 is 0.600 bits per heavy atom. The molecule has 3 aromatic rings. The van der Waals surface area contributed by atoms with Gasteiger partial charge in [0.15, 0.2) is 0 Å². The van der Waals surface area contributed by atoms with E-state index < -0.39 is 11.9 Å². The van der Waals surface area contributed by atoms with Gasteiger partial charge in [0.25, 0.3) is 0 Å². The fraction of sp³-hybridized carbons (Fsp3) is 0.523. The van der Waals surface area contributed by atoms with Gasteiger partial charge in [-0.25, -0.2) is 0 Å². The van der Waals surface area contributed by atoms with Crippen molar-refractivity contribution in [2.24, 2.45) is 0 Å². The zero-order valence-electron chi connectivity index (χ0n) is 31.4. The van der Waals surface area contributed by atoms with Gasteiger partial charge in [-0.05, 0) is 55.5 Å². The monoisotopic (exact) mass is 818 g/mol. The van der Waals surface area contributed by atoms with E-state index >= 15 is 0 Å². The van der Waals surface area contributed by atoms with Gasteiger partial charge in [0.05, 0.1) is 0 Å². The van der Waals surface area contributed by atoms with Gasteiger partial charge in [-0.1, -0.05) is 46.4 Å². The molecule has 0 spiro atoms. The number of halogens is 2. The van der Waals surface area contributed by atoms with Crippen molar-refractivity contribution in [2.45, 2.75) is 136 Å². The predicted octanol–water partition coefficient (Wildman–Crippen LogP) is 12.8. The molecular formula is C44H59Cl2N2PRu. The number of nitrogens with zero attached hydrogens (tertiary/aromatic N) is 2. The summed E-state index contributed by atoms with van der Waals surface area (Å²) in [6.07, 6.45) is 21.0. The average molecular weight is 819 g/mol. The Kier molecular flexibility index (Phi) is 13.0. The second kappa shape index (κ2) is 17.0. The molecule has 0 amide bonds. The molecule has 3 aromatic carbocycles. The van der Waals surface area contributed by atoms with E-state index in [9.17, 15) is 0 Å².